The molecule has 3 aromatic rings. The van der Waals surface area contributed by atoms with Crippen molar-refractivity contribution in [1.29, 1.82) is 0 Å². The molecule has 0 saturated heterocycles. The van der Waals surface area contributed by atoms with Gasteiger partial charge in [0.05, 0.1) is 25.5 Å². The SMILES string of the molecule is CCOc1cccc(C(=O)NCC2OCCc3cn(Cc4ccccc4)nc32)c1. The number of aromatic nitrogens is 2. The first-order valence-corrected chi connectivity index (χ1v) is 9.95. The molecule has 0 radical (unpaired) electrons. The number of benzene rings is 2. The van der Waals surface area contributed by atoms with E-state index in [1.807, 2.05) is 41.9 Å². The first-order chi connectivity index (χ1) is 14.2. The van der Waals surface area contributed by atoms with Gasteiger partial charge < -0.3 is 14.8 Å². The predicted molar refractivity (Wildman–Crippen MR) is 110 cm³/mol. The fourth-order valence-corrected chi connectivity index (χ4v) is 3.52. The third-order valence-electron chi connectivity index (χ3n) is 4.91. The fourth-order valence-electron chi connectivity index (χ4n) is 3.52. The monoisotopic (exact) mass is 391 g/mol. The lowest BCUT2D eigenvalue weighted by molar-refractivity contribution is 0.0383. The van der Waals surface area contributed by atoms with Crippen molar-refractivity contribution in [1.82, 2.24) is 15.1 Å². The van der Waals surface area contributed by atoms with Gasteiger partial charge in [-0.25, -0.2) is 0 Å². The summed E-state index contributed by atoms with van der Waals surface area (Å²) >= 11 is 0. The number of hydrogen-bond acceptors (Lipinski definition) is 4. The molecular weight excluding hydrogens is 366 g/mol. The Balaban J connectivity index is 1.42. The van der Waals surface area contributed by atoms with E-state index < -0.39 is 0 Å². The standard InChI is InChI=1S/C23H25N3O3/c1-2-28-20-10-6-9-18(13-20)23(27)24-14-21-22-19(11-12-29-21)16-26(25-22)15-17-7-4-3-5-8-17/h3-10,13,16,21H,2,11-12,14-15H2,1H3,(H,24,27). The van der Waals surface area contributed by atoms with Crippen molar-refractivity contribution >= 4 is 5.91 Å². The molecule has 1 unspecified atom stereocenters. The van der Waals surface area contributed by atoms with Gasteiger partial charge in [0.2, 0.25) is 0 Å². The van der Waals surface area contributed by atoms with E-state index in [1.165, 1.54) is 11.1 Å². The van der Waals surface area contributed by atoms with E-state index in [-0.39, 0.29) is 12.0 Å². The summed E-state index contributed by atoms with van der Waals surface area (Å²) in [6.07, 6.45) is 2.69. The third-order valence-corrected chi connectivity index (χ3v) is 4.91. The van der Waals surface area contributed by atoms with Gasteiger partial charge >= 0.3 is 0 Å². The second-order valence-corrected chi connectivity index (χ2v) is 7.00. The molecule has 1 aromatic heterocycles. The van der Waals surface area contributed by atoms with Gasteiger partial charge in [-0.3, -0.25) is 9.48 Å². The highest BCUT2D eigenvalue weighted by atomic mass is 16.5. The molecule has 1 aliphatic heterocycles. The molecule has 1 N–H and O–H groups in total. The van der Waals surface area contributed by atoms with E-state index in [0.717, 1.165) is 18.7 Å². The molecule has 1 atom stereocenters. The van der Waals surface area contributed by atoms with Crippen LogP contribution < -0.4 is 10.1 Å². The zero-order chi connectivity index (χ0) is 20.1. The quantitative estimate of drug-likeness (QED) is 0.671. The zero-order valence-corrected chi connectivity index (χ0v) is 16.5. The second-order valence-electron chi connectivity index (χ2n) is 7.00. The lowest BCUT2D eigenvalue weighted by atomic mass is 10.1. The first kappa shape index (κ1) is 19.2. The zero-order valence-electron chi connectivity index (χ0n) is 16.5. The number of nitrogens with zero attached hydrogens (tertiary/aromatic N) is 2. The van der Waals surface area contributed by atoms with E-state index in [9.17, 15) is 4.79 Å². The summed E-state index contributed by atoms with van der Waals surface area (Å²) in [5, 5.41) is 7.71. The van der Waals surface area contributed by atoms with E-state index in [4.69, 9.17) is 14.6 Å². The minimum Gasteiger partial charge on any atom is -0.494 e. The summed E-state index contributed by atoms with van der Waals surface area (Å²) < 4.78 is 13.3. The molecule has 2 heterocycles. The predicted octanol–water partition coefficient (Wildman–Crippen LogP) is 3.37. The van der Waals surface area contributed by atoms with E-state index in [0.29, 0.717) is 31.1 Å². The first-order valence-electron chi connectivity index (χ1n) is 9.95. The number of carbonyl (C=O) groups excluding carboxylic acids is 1. The second kappa shape index (κ2) is 8.92. The molecule has 0 spiro atoms. The highest BCUT2D eigenvalue weighted by molar-refractivity contribution is 5.94. The van der Waals surface area contributed by atoms with Gasteiger partial charge in [0.1, 0.15) is 11.9 Å². The largest absolute Gasteiger partial charge is 0.494 e. The van der Waals surface area contributed by atoms with Crippen molar-refractivity contribution in [3.8, 4) is 5.75 Å². The van der Waals surface area contributed by atoms with E-state index in [2.05, 4.69) is 23.6 Å². The Morgan fingerprint density at radius 3 is 2.93 bits per heavy atom. The molecular formula is C23H25N3O3. The Kier molecular flexibility index (Phi) is 5.91. The number of fused-ring (bicyclic) bond motifs is 1. The number of ether oxygens (including phenoxy) is 2. The van der Waals surface area contributed by atoms with E-state index >= 15 is 0 Å². The minimum atomic E-state index is -0.241. The molecule has 0 fully saturated rings. The van der Waals surface area contributed by atoms with Crippen molar-refractivity contribution in [2.45, 2.75) is 26.0 Å². The molecule has 0 aliphatic carbocycles. The lowest BCUT2D eigenvalue weighted by Crippen LogP contribution is -2.32. The van der Waals surface area contributed by atoms with Crippen molar-refractivity contribution in [3.05, 3.63) is 83.2 Å². The van der Waals surface area contributed by atoms with Gasteiger partial charge in [-0.05, 0) is 42.7 Å². The molecule has 0 bridgehead atoms. The highest BCUT2D eigenvalue weighted by Gasteiger charge is 2.25. The van der Waals surface area contributed by atoms with Gasteiger partial charge in [0.25, 0.3) is 5.91 Å². The van der Waals surface area contributed by atoms with Crippen LogP contribution in [-0.4, -0.2) is 35.4 Å². The number of nitrogens with one attached hydrogen (secondary N) is 1. The van der Waals surface area contributed by atoms with Crippen LogP contribution in [0.25, 0.3) is 0 Å². The normalized spacial score (nSPS) is 15.6. The summed E-state index contributed by atoms with van der Waals surface area (Å²) in [6.45, 7) is 4.21. The Labute approximate surface area is 170 Å². The Morgan fingerprint density at radius 1 is 1.24 bits per heavy atom. The summed E-state index contributed by atoms with van der Waals surface area (Å²) in [4.78, 5) is 12.6. The molecule has 4 rings (SSSR count). The lowest BCUT2D eigenvalue weighted by Gasteiger charge is -2.22. The van der Waals surface area contributed by atoms with Gasteiger partial charge in [-0.15, -0.1) is 0 Å². The van der Waals surface area contributed by atoms with Crippen LogP contribution in [0.3, 0.4) is 0 Å². The fraction of sp³-hybridized carbons (Fsp3) is 0.304. The van der Waals surface area contributed by atoms with Gasteiger partial charge in [0.15, 0.2) is 0 Å². The number of carbonyl (C=O) groups is 1. The van der Waals surface area contributed by atoms with Gasteiger partial charge in [-0.1, -0.05) is 36.4 Å². The maximum atomic E-state index is 12.6. The van der Waals surface area contributed by atoms with Crippen molar-refractivity contribution in [2.24, 2.45) is 0 Å². The van der Waals surface area contributed by atoms with Gasteiger partial charge in [0, 0.05) is 18.3 Å². The smallest absolute Gasteiger partial charge is 0.251 e. The maximum absolute atomic E-state index is 12.6. The van der Waals surface area contributed by atoms with E-state index in [1.54, 1.807) is 12.1 Å². The van der Waals surface area contributed by atoms with Crippen molar-refractivity contribution in [2.75, 3.05) is 19.8 Å². The average Bonchev–Trinajstić information content (AvgIpc) is 3.16. The molecule has 0 saturated carbocycles. The highest BCUT2D eigenvalue weighted by Crippen LogP contribution is 2.25. The molecule has 1 aliphatic rings. The molecule has 29 heavy (non-hydrogen) atoms. The Bertz CT molecular complexity index is 969. The molecule has 6 heteroatoms. The summed E-state index contributed by atoms with van der Waals surface area (Å²) in [5.74, 6) is 0.544. The van der Waals surface area contributed by atoms with Crippen LogP contribution in [0.2, 0.25) is 0 Å². The average molecular weight is 391 g/mol. The third kappa shape index (κ3) is 4.66. The van der Waals surface area contributed by atoms with Crippen LogP contribution in [0.4, 0.5) is 0 Å². The van der Waals surface area contributed by atoms with Crippen LogP contribution in [0.1, 0.15) is 40.2 Å². The van der Waals surface area contributed by atoms with Crippen LogP contribution in [0.5, 0.6) is 5.75 Å². The van der Waals surface area contributed by atoms with Crippen molar-refractivity contribution < 1.29 is 14.3 Å². The number of rotatable bonds is 7. The topological polar surface area (TPSA) is 65.4 Å². The summed E-state index contributed by atoms with van der Waals surface area (Å²) in [5.41, 5.74) is 3.87. The van der Waals surface area contributed by atoms with Crippen LogP contribution >= 0.6 is 0 Å². The van der Waals surface area contributed by atoms with Crippen LogP contribution in [-0.2, 0) is 17.7 Å². The molecule has 150 valence electrons. The molecule has 1 amide bonds. The summed E-state index contributed by atoms with van der Waals surface area (Å²) in [6, 6.07) is 17.4. The van der Waals surface area contributed by atoms with Gasteiger partial charge in [-0.2, -0.15) is 5.10 Å². The molecule has 2 aromatic carbocycles. The number of hydrogen-bond donors (Lipinski definition) is 1. The maximum Gasteiger partial charge on any atom is 0.251 e. The Hall–Kier alpha value is -3.12. The Morgan fingerprint density at radius 2 is 2.10 bits per heavy atom. The molecule has 6 nitrogen and oxygen atoms in total. The van der Waals surface area contributed by atoms with Crippen LogP contribution in [0, 0.1) is 0 Å². The summed E-state index contributed by atoms with van der Waals surface area (Å²) in [7, 11) is 0. The van der Waals surface area contributed by atoms with Crippen LogP contribution in [0.15, 0.2) is 60.8 Å². The van der Waals surface area contributed by atoms with Crippen molar-refractivity contribution in [3.63, 3.8) is 0 Å². The number of amides is 1. The minimum absolute atomic E-state index is 0.147.